The van der Waals surface area contributed by atoms with Crippen molar-refractivity contribution < 1.29 is 4.74 Å². The third kappa shape index (κ3) is 2.93. The number of anilines is 1. The fourth-order valence-electron chi connectivity index (χ4n) is 3.08. The van der Waals surface area contributed by atoms with Crippen molar-refractivity contribution in [2.24, 2.45) is 7.05 Å². The first-order chi connectivity index (χ1) is 11.7. The van der Waals surface area contributed by atoms with Gasteiger partial charge in [-0.25, -0.2) is 9.50 Å². The highest BCUT2D eigenvalue weighted by Crippen LogP contribution is 2.34. The number of morpholine rings is 1. The van der Waals surface area contributed by atoms with E-state index in [0.29, 0.717) is 6.61 Å². The summed E-state index contributed by atoms with van der Waals surface area (Å²) in [4.78, 5) is 7.97. The predicted octanol–water partition coefficient (Wildman–Crippen LogP) is 2.57. The monoisotopic (exact) mass is 360 g/mol. The van der Waals surface area contributed by atoms with Crippen LogP contribution in [0.2, 0.25) is 0 Å². The summed E-state index contributed by atoms with van der Waals surface area (Å²) in [6, 6.07) is 0. The molecule has 3 aromatic heterocycles. The van der Waals surface area contributed by atoms with Crippen molar-refractivity contribution in [3.05, 3.63) is 29.8 Å². The van der Waals surface area contributed by atoms with E-state index >= 15 is 0 Å². The second-order valence-electron chi connectivity index (χ2n) is 7.89. The zero-order chi connectivity index (χ0) is 17.8. The molecule has 134 valence electrons. The molecule has 1 atom stereocenters. The van der Waals surface area contributed by atoms with Gasteiger partial charge in [-0.05, 0) is 6.92 Å². The van der Waals surface area contributed by atoms with Crippen molar-refractivity contribution in [2.75, 3.05) is 24.6 Å². The maximum Gasteiger partial charge on any atom is 0.214 e. The molecule has 0 aromatic carbocycles. The number of ether oxygens (including phenoxy) is 1. The highest BCUT2D eigenvalue weighted by atomic mass is 32.1. The normalized spacial score (nSPS) is 22.0. The summed E-state index contributed by atoms with van der Waals surface area (Å²) in [7, 11) is 1.93. The highest BCUT2D eigenvalue weighted by Gasteiger charge is 2.36. The second-order valence-corrected chi connectivity index (χ2v) is 8.83. The first-order valence-electron chi connectivity index (χ1n) is 8.49. The van der Waals surface area contributed by atoms with E-state index in [-0.39, 0.29) is 11.0 Å². The Morgan fingerprint density at radius 2 is 2.08 bits per heavy atom. The lowest BCUT2D eigenvalue weighted by atomic mass is 9.93. The van der Waals surface area contributed by atoms with Crippen molar-refractivity contribution in [1.29, 1.82) is 0 Å². The van der Waals surface area contributed by atoms with E-state index in [4.69, 9.17) is 14.8 Å². The molecule has 0 spiro atoms. The lowest BCUT2D eigenvalue weighted by molar-refractivity contribution is -0.0466. The van der Waals surface area contributed by atoms with Gasteiger partial charge >= 0.3 is 0 Å². The van der Waals surface area contributed by atoms with Gasteiger partial charge in [0.25, 0.3) is 0 Å². The standard InChI is InChI=1S/C17H24N6OS/c1-16(2,3)13-10-23-14(19-13)25-15(20-23)22-6-7-24-17(4,11-22)12-8-18-21(5)9-12/h8-10H,6-7,11H2,1-5H3. The molecule has 0 bridgehead atoms. The van der Waals surface area contributed by atoms with E-state index < -0.39 is 0 Å². The molecule has 1 aliphatic heterocycles. The average molecular weight is 360 g/mol. The van der Waals surface area contributed by atoms with E-state index in [9.17, 15) is 0 Å². The Balaban J connectivity index is 1.61. The Morgan fingerprint density at radius 3 is 2.72 bits per heavy atom. The Morgan fingerprint density at radius 1 is 1.28 bits per heavy atom. The molecular weight excluding hydrogens is 336 g/mol. The molecule has 1 saturated heterocycles. The molecular formula is C17H24N6OS. The molecule has 0 amide bonds. The van der Waals surface area contributed by atoms with Crippen LogP contribution < -0.4 is 4.90 Å². The Kier molecular flexibility index (Phi) is 3.66. The van der Waals surface area contributed by atoms with Crippen molar-refractivity contribution in [3.63, 3.8) is 0 Å². The van der Waals surface area contributed by atoms with Gasteiger partial charge < -0.3 is 9.64 Å². The number of rotatable bonds is 2. The minimum Gasteiger partial charge on any atom is -0.367 e. The number of aromatic nitrogens is 5. The van der Waals surface area contributed by atoms with Gasteiger partial charge in [-0.1, -0.05) is 32.1 Å². The molecule has 0 aliphatic carbocycles. The zero-order valence-corrected chi connectivity index (χ0v) is 16.2. The summed E-state index contributed by atoms with van der Waals surface area (Å²) in [6.07, 6.45) is 5.94. The van der Waals surface area contributed by atoms with Gasteiger partial charge in [-0.3, -0.25) is 4.68 Å². The Hall–Kier alpha value is -1.93. The summed E-state index contributed by atoms with van der Waals surface area (Å²) >= 11 is 1.63. The fraction of sp³-hybridized carbons (Fsp3) is 0.588. The SMILES string of the molecule is Cn1cc(C2(C)CN(c3nn4cc(C(C)(C)C)nc4s3)CCO2)cn1. The maximum atomic E-state index is 6.10. The molecule has 4 heterocycles. The summed E-state index contributed by atoms with van der Waals surface area (Å²) in [5, 5.41) is 10.0. The molecule has 4 rings (SSSR count). The zero-order valence-electron chi connectivity index (χ0n) is 15.4. The molecule has 1 fully saturated rings. The van der Waals surface area contributed by atoms with E-state index in [2.05, 4.69) is 37.7 Å². The molecule has 3 aromatic rings. The van der Waals surface area contributed by atoms with Crippen LogP contribution >= 0.6 is 11.3 Å². The van der Waals surface area contributed by atoms with E-state index in [1.54, 1.807) is 11.3 Å². The average Bonchev–Trinajstić information content (AvgIpc) is 3.20. The molecule has 1 unspecified atom stereocenters. The van der Waals surface area contributed by atoms with Gasteiger partial charge in [0, 0.05) is 30.8 Å². The van der Waals surface area contributed by atoms with Crippen LogP contribution in [0.4, 0.5) is 5.13 Å². The van der Waals surface area contributed by atoms with Gasteiger partial charge in [0.05, 0.1) is 31.2 Å². The number of hydrogen-bond donors (Lipinski definition) is 0. The van der Waals surface area contributed by atoms with Gasteiger partial charge in [0.2, 0.25) is 10.1 Å². The van der Waals surface area contributed by atoms with Gasteiger partial charge in [0.15, 0.2) is 0 Å². The van der Waals surface area contributed by atoms with Crippen LogP contribution in [0.1, 0.15) is 39.0 Å². The molecule has 7 nitrogen and oxygen atoms in total. The topological polar surface area (TPSA) is 60.5 Å². The van der Waals surface area contributed by atoms with Crippen LogP contribution in [0.3, 0.4) is 0 Å². The first-order valence-corrected chi connectivity index (χ1v) is 9.31. The summed E-state index contributed by atoms with van der Waals surface area (Å²) < 4.78 is 9.81. The first kappa shape index (κ1) is 16.5. The smallest absolute Gasteiger partial charge is 0.214 e. The highest BCUT2D eigenvalue weighted by molar-refractivity contribution is 7.20. The van der Waals surface area contributed by atoms with Crippen LogP contribution in [0.5, 0.6) is 0 Å². The molecule has 8 heteroatoms. The van der Waals surface area contributed by atoms with Crippen molar-refractivity contribution in [2.45, 2.75) is 38.7 Å². The van der Waals surface area contributed by atoms with Crippen molar-refractivity contribution in [1.82, 2.24) is 24.4 Å². The number of fused-ring (bicyclic) bond motifs is 1. The molecule has 0 radical (unpaired) electrons. The van der Waals surface area contributed by atoms with Crippen LogP contribution in [0.15, 0.2) is 18.6 Å². The molecule has 1 aliphatic rings. The van der Waals surface area contributed by atoms with Crippen LogP contribution in [0.25, 0.3) is 4.96 Å². The minimum absolute atomic E-state index is 0.0332. The van der Waals surface area contributed by atoms with E-state index in [0.717, 1.165) is 34.4 Å². The quantitative estimate of drug-likeness (QED) is 0.703. The van der Waals surface area contributed by atoms with Crippen molar-refractivity contribution >= 4 is 21.4 Å². The summed E-state index contributed by atoms with van der Waals surface area (Å²) in [5.41, 5.74) is 1.82. The maximum absolute atomic E-state index is 6.10. The van der Waals surface area contributed by atoms with E-state index in [1.807, 2.05) is 34.8 Å². The number of aryl methyl sites for hydroxylation is 1. The molecule has 25 heavy (non-hydrogen) atoms. The van der Waals surface area contributed by atoms with Crippen LogP contribution in [-0.2, 0) is 22.8 Å². The predicted molar refractivity (Wildman–Crippen MR) is 98.3 cm³/mol. The van der Waals surface area contributed by atoms with Gasteiger partial charge in [-0.2, -0.15) is 5.10 Å². The third-order valence-corrected chi connectivity index (χ3v) is 5.64. The summed E-state index contributed by atoms with van der Waals surface area (Å²) in [6.45, 7) is 10.9. The fourth-order valence-corrected chi connectivity index (χ4v) is 3.99. The second kappa shape index (κ2) is 5.54. The molecule has 0 N–H and O–H groups in total. The summed E-state index contributed by atoms with van der Waals surface area (Å²) in [5.74, 6) is 0. The minimum atomic E-state index is -0.378. The lowest BCUT2D eigenvalue weighted by Crippen LogP contribution is -2.48. The van der Waals surface area contributed by atoms with Crippen LogP contribution in [0, 0.1) is 0 Å². The number of hydrogen-bond acceptors (Lipinski definition) is 6. The number of nitrogens with zero attached hydrogens (tertiary/aromatic N) is 6. The molecule has 0 saturated carbocycles. The van der Waals surface area contributed by atoms with Gasteiger partial charge in [-0.15, -0.1) is 5.10 Å². The third-order valence-electron chi connectivity index (χ3n) is 4.66. The van der Waals surface area contributed by atoms with Crippen LogP contribution in [-0.4, -0.2) is 44.1 Å². The lowest BCUT2D eigenvalue weighted by Gasteiger charge is -2.39. The Labute approximate surface area is 151 Å². The Bertz CT molecular complexity index is 872. The largest absolute Gasteiger partial charge is 0.367 e. The van der Waals surface area contributed by atoms with E-state index in [1.165, 1.54) is 0 Å². The van der Waals surface area contributed by atoms with Crippen molar-refractivity contribution in [3.8, 4) is 0 Å². The van der Waals surface area contributed by atoms with Gasteiger partial charge in [0.1, 0.15) is 5.60 Å². The number of imidazole rings is 1.